The van der Waals surface area contributed by atoms with E-state index in [1.165, 1.54) is 51.7 Å². The smallest absolute Gasteiger partial charge is 0.453 e. The standard InChI is InChI=1S/C30H25F3O8/c1-16-10-17(2)12-20(11-16)40-28-26(35)21-8-7-19(15-22(21)41-29(28)30(31,32)33)39-25(34)9-6-18-13-23(36-3)27(38-5)24(14-18)37-4/h6-15H,1-5H3/b9-6+. The van der Waals surface area contributed by atoms with E-state index in [0.717, 1.165) is 23.3 Å². The van der Waals surface area contributed by atoms with Gasteiger partial charge in [0.1, 0.15) is 17.1 Å². The van der Waals surface area contributed by atoms with E-state index < -0.39 is 34.7 Å². The Morgan fingerprint density at radius 2 is 1.46 bits per heavy atom. The molecule has 214 valence electrons. The molecule has 41 heavy (non-hydrogen) atoms. The number of methoxy groups -OCH3 is 3. The lowest BCUT2D eigenvalue weighted by atomic mass is 10.1. The topological polar surface area (TPSA) is 93.4 Å². The van der Waals surface area contributed by atoms with Crippen molar-refractivity contribution in [2.24, 2.45) is 0 Å². The van der Waals surface area contributed by atoms with E-state index >= 15 is 0 Å². The number of aryl methyl sites for hydroxylation is 2. The van der Waals surface area contributed by atoms with Crippen LogP contribution in [0.15, 0.2) is 63.8 Å². The van der Waals surface area contributed by atoms with E-state index in [1.54, 1.807) is 26.0 Å². The molecule has 8 nitrogen and oxygen atoms in total. The molecule has 0 amide bonds. The highest BCUT2D eigenvalue weighted by atomic mass is 19.4. The molecular weight excluding hydrogens is 545 g/mol. The minimum atomic E-state index is -5.04. The summed E-state index contributed by atoms with van der Waals surface area (Å²) in [6.07, 6.45) is -2.52. The highest BCUT2D eigenvalue weighted by Crippen LogP contribution is 2.40. The summed E-state index contributed by atoms with van der Waals surface area (Å²) in [5.74, 6) is -2.43. The van der Waals surface area contributed by atoms with Crippen molar-refractivity contribution >= 4 is 23.0 Å². The molecule has 0 atom stereocenters. The van der Waals surface area contributed by atoms with Gasteiger partial charge in [0.2, 0.25) is 16.9 Å². The molecule has 0 bridgehead atoms. The number of hydrogen-bond donors (Lipinski definition) is 0. The fourth-order valence-corrected chi connectivity index (χ4v) is 4.12. The number of rotatable bonds is 8. The second kappa shape index (κ2) is 11.7. The maximum atomic E-state index is 13.9. The molecule has 0 radical (unpaired) electrons. The van der Waals surface area contributed by atoms with Crippen LogP contribution < -0.4 is 29.1 Å². The molecule has 1 heterocycles. The number of carbonyl (C=O) groups is 1. The van der Waals surface area contributed by atoms with Gasteiger partial charge in [0.25, 0.3) is 5.76 Å². The zero-order valence-corrected chi connectivity index (χ0v) is 22.7. The summed E-state index contributed by atoms with van der Waals surface area (Å²) in [6, 6.07) is 11.5. The van der Waals surface area contributed by atoms with E-state index in [0.29, 0.717) is 22.8 Å². The second-order valence-electron chi connectivity index (χ2n) is 8.88. The first-order chi connectivity index (χ1) is 19.4. The molecule has 0 fully saturated rings. The number of fused-ring (bicyclic) bond motifs is 1. The monoisotopic (exact) mass is 570 g/mol. The Morgan fingerprint density at radius 1 is 0.829 bits per heavy atom. The van der Waals surface area contributed by atoms with Crippen LogP contribution in [0, 0.1) is 13.8 Å². The summed E-state index contributed by atoms with van der Waals surface area (Å²) in [5, 5.41) is -0.190. The minimum Gasteiger partial charge on any atom is -0.493 e. The normalized spacial score (nSPS) is 11.5. The van der Waals surface area contributed by atoms with Gasteiger partial charge in [-0.25, -0.2) is 4.79 Å². The van der Waals surface area contributed by atoms with Gasteiger partial charge in [-0.05, 0) is 73.0 Å². The molecule has 11 heteroatoms. The molecule has 1 aromatic heterocycles. The number of hydrogen-bond acceptors (Lipinski definition) is 8. The van der Waals surface area contributed by atoms with Crippen molar-refractivity contribution in [1.82, 2.24) is 0 Å². The van der Waals surface area contributed by atoms with Crippen LogP contribution in [-0.4, -0.2) is 27.3 Å². The van der Waals surface area contributed by atoms with Gasteiger partial charge in [0.15, 0.2) is 11.5 Å². The molecule has 0 N–H and O–H groups in total. The summed E-state index contributed by atoms with van der Waals surface area (Å²) in [7, 11) is 4.34. The van der Waals surface area contributed by atoms with Crippen LogP contribution in [0.25, 0.3) is 17.0 Å². The predicted octanol–water partition coefficient (Wildman–Crippen LogP) is 6.87. The van der Waals surface area contributed by atoms with E-state index in [2.05, 4.69) is 0 Å². The molecule has 4 aromatic rings. The highest BCUT2D eigenvalue weighted by molar-refractivity contribution is 5.90. The number of carbonyl (C=O) groups excluding carboxylic acids is 1. The van der Waals surface area contributed by atoms with Gasteiger partial charge in [-0.2, -0.15) is 13.2 Å². The van der Waals surface area contributed by atoms with Crippen molar-refractivity contribution in [1.29, 1.82) is 0 Å². The summed E-state index contributed by atoms with van der Waals surface area (Å²) >= 11 is 0. The average molecular weight is 571 g/mol. The van der Waals surface area contributed by atoms with Crippen LogP contribution >= 0.6 is 0 Å². The van der Waals surface area contributed by atoms with Crippen LogP contribution in [-0.2, 0) is 11.0 Å². The maximum Gasteiger partial charge on any atom is 0.453 e. The third kappa shape index (κ3) is 6.46. The summed E-state index contributed by atoms with van der Waals surface area (Å²) in [6.45, 7) is 3.49. The van der Waals surface area contributed by atoms with Gasteiger partial charge in [-0.1, -0.05) is 6.07 Å². The SMILES string of the molecule is COc1cc(/C=C/C(=O)Oc2ccc3c(=O)c(Oc4cc(C)cc(C)c4)c(C(F)(F)F)oc3c2)cc(OC)c1OC. The van der Waals surface area contributed by atoms with Gasteiger partial charge >= 0.3 is 12.1 Å². The van der Waals surface area contributed by atoms with Crippen LogP contribution in [0.5, 0.6) is 34.5 Å². The molecule has 0 aliphatic carbocycles. The molecule has 0 spiro atoms. The molecule has 0 aliphatic heterocycles. The van der Waals surface area contributed by atoms with Crippen LogP contribution in [0.1, 0.15) is 22.5 Å². The Labute approximate surface area is 232 Å². The quantitative estimate of drug-likeness (QED) is 0.129. The van der Waals surface area contributed by atoms with E-state index in [9.17, 15) is 22.8 Å². The minimum absolute atomic E-state index is 0.0593. The number of halogens is 3. The zero-order chi connectivity index (χ0) is 29.9. The maximum absolute atomic E-state index is 13.9. The number of ether oxygens (including phenoxy) is 5. The Kier molecular flexibility index (Phi) is 8.27. The van der Waals surface area contributed by atoms with E-state index in [-0.39, 0.29) is 16.9 Å². The van der Waals surface area contributed by atoms with Crippen molar-refractivity contribution in [2.75, 3.05) is 21.3 Å². The van der Waals surface area contributed by atoms with Crippen molar-refractivity contribution in [2.45, 2.75) is 20.0 Å². The molecular formula is C30H25F3O8. The van der Waals surface area contributed by atoms with Gasteiger partial charge in [-0.15, -0.1) is 0 Å². The van der Waals surface area contributed by atoms with E-state index in [1.807, 2.05) is 6.07 Å². The number of alkyl halides is 3. The largest absolute Gasteiger partial charge is 0.493 e. The molecule has 0 aliphatic rings. The molecule has 4 rings (SSSR count). The molecule has 0 saturated carbocycles. The first-order valence-corrected chi connectivity index (χ1v) is 12.1. The van der Waals surface area contributed by atoms with E-state index in [4.69, 9.17) is 28.1 Å². The summed E-state index contributed by atoms with van der Waals surface area (Å²) < 4.78 is 73.3. The van der Waals surface area contributed by atoms with Crippen LogP contribution in [0.4, 0.5) is 13.2 Å². The average Bonchev–Trinajstić information content (AvgIpc) is 2.91. The fraction of sp³-hybridized carbons (Fsp3) is 0.200. The lowest BCUT2D eigenvalue weighted by Crippen LogP contribution is -2.15. The summed E-state index contributed by atoms with van der Waals surface area (Å²) in [4.78, 5) is 25.6. The van der Waals surface area contributed by atoms with Gasteiger partial charge < -0.3 is 28.1 Å². The molecule has 3 aromatic carbocycles. The molecule has 0 unspecified atom stereocenters. The highest BCUT2D eigenvalue weighted by Gasteiger charge is 2.40. The van der Waals surface area contributed by atoms with Crippen LogP contribution in [0.3, 0.4) is 0 Å². The first-order valence-electron chi connectivity index (χ1n) is 12.1. The third-order valence-electron chi connectivity index (χ3n) is 5.81. The van der Waals surface area contributed by atoms with Crippen molar-refractivity contribution in [3.8, 4) is 34.5 Å². The van der Waals surface area contributed by atoms with Crippen molar-refractivity contribution < 1.29 is 46.1 Å². The Balaban J connectivity index is 1.64. The summed E-state index contributed by atoms with van der Waals surface area (Å²) in [5.41, 5.74) is 0.535. The molecule has 0 saturated heterocycles. The van der Waals surface area contributed by atoms with Crippen molar-refractivity contribution in [3.63, 3.8) is 0 Å². The predicted molar refractivity (Wildman–Crippen MR) is 144 cm³/mol. The van der Waals surface area contributed by atoms with Gasteiger partial charge in [0, 0.05) is 12.1 Å². The lowest BCUT2D eigenvalue weighted by molar-refractivity contribution is -0.154. The first kappa shape index (κ1) is 29.1. The fourth-order valence-electron chi connectivity index (χ4n) is 4.12. The Bertz CT molecular complexity index is 1660. The number of esters is 1. The van der Waals surface area contributed by atoms with Gasteiger partial charge in [0.05, 0.1) is 26.7 Å². The van der Waals surface area contributed by atoms with Crippen LogP contribution in [0.2, 0.25) is 0 Å². The van der Waals surface area contributed by atoms with Crippen molar-refractivity contribution in [3.05, 3.63) is 87.3 Å². The Morgan fingerprint density at radius 3 is 2.02 bits per heavy atom. The lowest BCUT2D eigenvalue weighted by Gasteiger charge is -2.14. The van der Waals surface area contributed by atoms with Gasteiger partial charge in [-0.3, -0.25) is 4.79 Å². The Hall–Kier alpha value is -4.93. The second-order valence-corrected chi connectivity index (χ2v) is 8.88. The number of benzene rings is 3. The zero-order valence-electron chi connectivity index (χ0n) is 22.7. The third-order valence-corrected chi connectivity index (χ3v) is 5.81.